The van der Waals surface area contributed by atoms with Crippen LogP contribution >= 0.6 is 0 Å². The molecule has 5 rings (SSSR count). The molecule has 1 aliphatic rings. The van der Waals surface area contributed by atoms with E-state index < -0.39 is 0 Å². The summed E-state index contributed by atoms with van der Waals surface area (Å²) in [4.78, 5) is 0. The summed E-state index contributed by atoms with van der Waals surface area (Å²) in [6.45, 7) is 0.265. The predicted octanol–water partition coefficient (Wildman–Crippen LogP) is 4.54. The average Bonchev–Trinajstić information content (AvgIpc) is 2.72. The molecule has 0 aliphatic carbocycles. The molecule has 4 aromatic rings. The summed E-state index contributed by atoms with van der Waals surface area (Å²) >= 11 is 0. The van der Waals surface area contributed by atoms with Gasteiger partial charge >= 0.3 is 0 Å². The molecule has 0 unspecified atom stereocenters. The Balaban J connectivity index is 1.61. The van der Waals surface area contributed by atoms with Crippen LogP contribution in [0.15, 0.2) is 72.8 Å². The van der Waals surface area contributed by atoms with Gasteiger partial charge in [-0.15, -0.1) is 0 Å². The molecule has 3 aromatic carbocycles. The molecule has 1 aromatic heterocycles. The predicted molar refractivity (Wildman–Crippen MR) is 104 cm³/mol. The molecule has 2 heterocycles. The summed E-state index contributed by atoms with van der Waals surface area (Å²) in [5.41, 5.74) is 5.48. The smallest absolute Gasteiger partial charge is 0.230 e. The highest BCUT2D eigenvalue weighted by Gasteiger charge is 2.17. The number of rotatable bonds is 4. The highest BCUT2D eigenvalue weighted by molar-refractivity contribution is 5.82. The first-order valence-electron chi connectivity index (χ1n) is 9.02. The summed E-state index contributed by atoms with van der Waals surface area (Å²) in [5, 5.41) is 10.2. The molecular weight excluding hydrogens is 336 g/mol. The average molecular weight is 354 g/mol. The van der Waals surface area contributed by atoms with E-state index in [4.69, 9.17) is 9.47 Å². The molecule has 0 saturated heterocycles. The quantitative estimate of drug-likeness (QED) is 0.540. The highest BCUT2D eigenvalue weighted by atomic mass is 16.7. The summed E-state index contributed by atoms with van der Waals surface area (Å²) < 4.78 is 11.1. The summed E-state index contributed by atoms with van der Waals surface area (Å²) in [7, 11) is 0. The summed E-state index contributed by atoms with van der Waals surface area (Å²) in [6.07, 6.45) is 1.50. The first kappa shape index (κ1) is 15.8. The van der Waals surface area contributed by atoms with Crippen molar-refractivity contribution in [1.29, 1.82) is 0 Å². The Morgan fingerprint density at radius 3 is 2.56 bits per heavy atom. The van der Waals surface area contributed by atoms with Crippen LogP contribution in [0.5, 0.6) is 11.5 Å². The third-order valence-electron chi connectivity index (χ3n) is 4.92. The van der Waals surface area contributed by atoms with E-state index in [0.717, 1.165) is 46.5 Å². The monoisotopic (exact) mass is 354 g/mol. The number of fused-ring (bicyclic) bond motifs is 3. The van der Waals surface area contributed by atoms with E-state index in [1.165, 1.54) is 11.1 Å². The van der Waals surface area contributed by atoms with Gasteiger partial charge in [-0.2, -0.15) is 10.2 Å². The van der Waals surface area contributed by atoms with Crippen LogP contribution in [0.4, 0.5) is 0 Å². The van der Waals surface area contributed by atoms with Crippen LogP contribution in [-0.2, 0) is 12.8 Å². The lowest BCUT2D eigenvalue weighted by Gasteiger charge is -2.19. The van der Waals surface area contributed by atoms with Crippen LogP contribution in [0.3, 0.4) is 0 Å². The van der Waals surface area contributed by atoms with Gasteiger partial charge in [0, 0.05) is 24.3 Å². The second-order valence-electron chi connectivity index (χ2n) is 6.66. The second kappa shape index (κ2) is 6.72. The Labute approximate surface area is 157 Å². The maximum atomic E-state index is 5.70. The van der Waals surface area contributed by atoms with Gasteiger partial charge < -0.3 is 9.47 Å². The number of ether oxygens (including phenoxy) is 2. The zero-order chi connectivity index (χ0) is 18.1. The van der Waals surface area contributed by atoms with Gasteiger partial charge in [-0.25, -0.2) is 0 Å². The minimum Gasteiger partial charge on any atom is -0.457 e. The third-order valence-corrected chi connectivity index (χ3v) is 4.92. The van der Waals surface area contributed by atoms with Gasteiger partial charge in [0.25, 0.3) is 0 Å². The Morgan fingerprint density at radius 1 is 0.778 bits per heavy atom. The van der Waals surface area contributed by atoms with Gasteiger partial charge in [0.15, 0.2) is 0 Å². The van der Waals surface area contributed by atoms with Crippen molar-refractivity contribution in [2.24, 2.45) is 0 Å². The molecule has 0 fully saturated rings. The van der Waals surface area contributed by atoms with Crippen molar-refractivity contribution in [3.05, 3.63) is 95.2 Å². The molecule has 0 N–H and O–H groups in total. The maximum Gasteiger partial charge on any atom is 0.230 e. The lowest BCUT2D eigenvalue weighted by molar-refractivity contribution is 0.104. The van der Waals surface area contributed by atoms with E-state index in [2.05, 4.69) is 52.7 Å². The summed E-state index contributed by atoms with van der Waals surface area (Å²) in [6, 6.07) is 24.6. The van der Waals surface area contributed by atoms with E-state index >= 15 is 0 Å². The largest absolute Gasteiger partial charge is 0.457 e. The normalized spacial score (nSPS) is 12.4. The van der Waals surface area contributed by atoms with Crippen molar-refractivity contribution in [2.45, 2.75) is 12.8 Å². The van der Waals surface area contributed by atoms with Gasteiger partial charge in [-0.1, -0.05) is 54.6 Å². The van der Waals surface area contributed by atoms with Crippen molar-refractivity contribution in [1.82, 2.24) is 10.2 Å². The van der Waals surface area contributed by atoms with Gasteiger partial charge in [0.1, 0.15) is 11.5 Å². The highest BCUT2D eigenvalue weighted by Crippen LogP contribution is 2.32. The Hall–Kier alpha value is -3.40. The van der Waals surface area contributed by atoms with Gasteiger partial charge in [-0.3, -0.25) is 0 Å². The minimum atomic E-state index is 0.265. The van der Waals surface area contributed by atoms with Crippen LogP contribution < -0.4 is 9.47 Å². The van der Waals surface area contributed by atoms with Crippen LogP contribution in [0.25, 0.3) is 10.9 Å². The zero-order valence-electron chi connectivity index (χ0n) is 14.8. The first-order valence-corrected chi connectivity index (χ1v) is 9.02. The number of hydrogen-bond acceptors (Lipinski definition) is 4. The maximum absolute atomic E-state index is 5.70. The fourth-order valence-corrected chi connectivity index (χ4v) is 3.53. The van der Waals surface area contributed by atoms with Gasteiger partial charge in [-0.05, 0) is 28.8 Å². The fourth-order valence-electron chi connectivity index (χ4n) is 3.53. The zero-order valence-corrected chi connectivity index (χ0v) is 14.8. The van der Waals surface area contributed by atoms with E-state index in [9.17, 15) is 0 Å². The number of aromatic nitrogens is 2. The van der Waals surface area contributed by atoms with Crippen molar-refractivity contribution in [2.75, 3.05) is 6.79 Å². The molecule has 27 heavy (non-hydrogen) atoms. The Morgan fingerprint density at radius 2 is 1.63 bits per heavy atom. The van der Waals surface area contributed by atoms with E-state index in [1.807, 2.05) is 30.3 Å². The molecule has 1 aliphatic heterocycles. The molecule has 0 amide bonds. The molecule has 2 bridgehead atoms. The molecular formula is C23H18N2O2. The number of benzene rings is 3. The van der Waals surface area contributed by atoms with Crippen molar-refractivity contribution in [3.8, 4) is 11.5 Å². The Kier molecular flexibility index (Phi) is 3.94. The number of hydrogen-bond donors (Lipinski definition) is 0. The standard InChI is InChI=1S/C23H18N2O2/c1-2-6-16(7-3-1)12-22-20(19-8-4-5-9-21(19)24-25-22)13-17-10-11-18-14-23(17)27-15-26-18/h1-11,14H,12-13,15H2. The van der Waals surface area contributed by atoms with Crippen molar-refractivity contribution < 1.29 is 9.47 Å². The van der Waals surface area contributed by atoms with Gasteiger partial charge in [0.2, 0.25) is 6.79 Å². The second-order valence-corrected chi connectivity index (χ2v) is 6.66. The molecule has 0 radical (unpaired) electrons. The molecule has 0 atom stereocenters. The Bertz CT molecular complexity index is 1110. The van der Waals surface area contributed by atoms with Crippen molar-refractivity contribution in [3.63, 3.8) is 0 Å². The van der Waals surface area contributed by atoms with Crippen LogP contribution in [0, 0.1) is 0 Å². The molecule has 0 saturated carbocycles. The summed E-state index contributed by atoms with van der Waals surface area (Å²) in [5.74, 6) is 1.73. The topological polar surface area (TPSA) is 44.2 Å². The lowest BCUT2D eigenvalue weighted by Crippen LogP contribution is -2.12. The van der Waals surface area contributed by atoms with E-state index in [1.54, 1.807) is 0 Å². The van der Waals surface area contributed by atoms with Gasteiger partial charge in [0.05, 0.1) is 11.2 Å². The third kappa shape index (κ3) is 3.10. The molecule has 4 nitrogen and oxygen atoms in total. The number of nitrogens with zero attached hydrogens (tertiary/aromatic N) is 2. The van der Waals surface area contributed by atoms with E-state index in [-0.39, 0.29) is 6.79 Å². The van der Waals surface area contributed by atoms with Crippen LogP contribution in [0.1, 0.15) is 22.4 Å². The minimum absolute atomic E-state index is 0.265. The fraction of sp³-hybridized carbons (Fsp3) is 0.130. The molecule has 4 heteroatoms. The van der Waals surface area contributed by atoms with Crippen LogP contribution in [-0.4, -0.2) is 17.0 Å². The molecule has 132 valence electrons. The molecule has 0 spiro atoms. The SMILES string of the molecule is c1ccc(Cc2nnc3ccccc3c2Cc2ccc3cc2OCO3)cc1. The lowest BCUT2D eigenvalue weighted by atomic mass is 9.95. The van der Waals surface area contributed by atoms with E-state index in [0.29, 0.717) is 0 Å². The van der Waals surface area contributed by atoms with Crippen molar-refractivity contribution >= 4 is 10.9 Å². The first-order chi connectivity index (χ1) is 13.4. The van der Waals surface area contributed by atoms with Crippen LogP contribution in [0.2, 0.25) is 0 Å².